The Morgan fingerprint density at radius 1 is 1.24 bits per heavy atom. The summed E-state index contributed by atoms with van der Waals surface area (Å²) in [7, 11) is 2.93. The van der Waals surface area contributed by atoms with Crippen molar-refractivity contribution in [2.45, 2.75) is 51.2 Å². The Morgan fingerprint density at radius 2 is 1.91 bits per heavy atom. The SMILES string of the molecule is COC(=O)c1ccc(C2(N(C)C(=O)C(=N)C3=C(N)CCN(C(=O)OC(C)(C)C)C3)CC2)nc1. The molecule has 0 saturated heterocycles. The molecule has 0 bridgehead atoms. The van der Waals surface area contributed by atoms with Crippen molar-refractivity contribution in [3.05, 3.63) is 40.9 Å². The number of hydrogen-bond acceptors (Lipinski definition) is 8. The molecular formula is C23H31N5O5. The van der Waals surface area contributed by atoms with Crippen LogP contribution in [0.5, 0.6) is 0 Å². The molecule has 1 aliphatic heterocycles. The Labute approximate surface area is 193 Å². The van der Waals surface area contributed by atoms with Crippen LogP contribution in [0.25, 0.3) is 0 Å². The van der Waals surface area contributed by atoms with Crippen LogP contribution in [-0.4, -0.2) is 71.3 Å². The molecule has 1 aromatic heterocycles. The zero-order chi connectivity index (χ0) is 24.6. The van der Waals surface area contributed by atoms with Crippen LogP contribution in [0.1, 0.15) is 56.1 Å². The van der Waals surface area contributed by atoms with E-state index in [-0.39, 0.29) is 12.3 Å². The third kappa shape index (κ3) is 4.99. The topological polar surface area (TPSA) is 139 Å². The summed E-state index contributed by atoms with van der Waals surface area (Å²) >= 11 is 0. The van der Waals surface area contributed by atoms with E-state index in [1.807, 2.05) is 0 Å². The third-order valence-corrected chi connectivity index (χ3v) is 5.89. The van der Waals surface area contributed by atoms with Gasteiger partial charge in [-0.1, -0.05) is 0 Å². The number of hydrogen-bond donors (Lipinski definition) is 2. The number of amides is 2. The van der Waals surface area contributed by atoms with Gasteiger partial charge in [0.15, 0.2) is 0 Å². The Kier molecular flexibility index (Phi) is 6.49. The van der Waals surface area contributed by atoms with Gasteiger partial charge in [0, 0.05) is 37.5 Å². The van der Waals surface area contributed by atoms with E-state index in [2.05, 4.69) is 4.98 Å². The molecule has 2 heterocycles. The Bertz CT molecular complexity index is 1010. The van der Waals surface area contributed by atoms with Crippen LogP contribution in [0, 0.1) is 5.41 Å². The van der Waals surface area contributed by atoms with Gasteiger partial charge in [-0.05, 0) is 45.7 Å². The minimum absolute atomic E-state index is 0.0399. The van der Waals surface area contributed by atoms with Crippen molar-refractivity contribution in [2.75, 3.05) is 27.2 Å². The standard InChI is InChI=1S/C23H31N5O5/c1-22(2,3)33-21(31)28-11-8-16(24)15(13-28)18(25)19(29)27(4)23(9-10-23)17-7-6-14(12-26-17)20(30)32-5/h6-7,12,25H,8-11,13,24H2,1-5H3. The number of nitrogens with two attached hydrogens (primary N) is 1. The van der Waals surface area contributed by atoms with E-state index in [1.54, 1.807) is 40.0 Å². The third-order valence-electron chi connectivity index (χ3n) is 5.89. The molecule has 33 heavy (non-hydrogen) atoms. The largest absolute Gasteiger partial charge is 0.465 e. The molecule has 3 N–H and O–H groups in total. The smallest absolute Gasteiger partial charge is 0.410 e. The van der Waals surface area contributed by atoms with Crippen molar-refractivity contribution in [1.82, 2.24) is 14.8 Å². The van der Waals surface area contributed by atoms with Gasteiger partial charge in [0.2, 0.25) is 0 Å². The molecule has 2 aliphatic rings. The lowest BCUT2D eigenvalue weighted by atomic mass is 9.99. The van der Waals surface area contributed by atoms with Gasteiger partial charge in [-0.15, -0.1) is 0 Å². The van der Waals surface area contributed by atoms with E-state index >= 15 is 0 Å². The minimum Gasteiger partial charge on any atom is -0.465 e. The van der Waals surface area contributed by atoms with Crippen LogP contribution in [0.4, 0.5) is 4.79 Å². The molecular weight excluding hydrogens is 426 g/mol. The molecule has 10 heteroatoms. The molecule has 178 valence electrons. The second-order valence-corrected chi connectivity index (χ2v) is 9.35. The Balaban J connectivity index is 1.75. The minimum atomic E-state index is -0.651. The maximum absolute atomic E-state index is 13.2. The lowest BCUT2D eigenvalue weighted by Crippen LogP contribution is -2.47. The van der Waals surface area contributed by atoms with Crippen molar-refractivity contribution < 1.29 is 23.9 Å². The summed E-state index contributed by atoms with van der Waals surface area (Å²) in [5, 5.41) is 8.56. The number of esters is 1. The molecule has 1 aliphatic carbocycles. The maximum atomic E-state index is 13.2. The number of rotatable bonds is 5. The number of carbonyl (C=O) groups is 3. The van der Waals surface area contributed by atoms with Crippen LogP contribution in [0.15, 0.2) is 29.6 Å². The van der Waals surface area contributed by atoms with Crippen molar-refractivity contribution >= 4 is 23.7 Å². The predicted octanol–water partition coefficient (Wildman–Crippen LogP) is 2.19. The van der Waals surface area contributed by atoms with Gasteiger partial charge in [-0.2, -0.15) is 0 Å². The van der Waals surface area contributed by atoms with E-state index in [0.29, 0.717) is 48.3 Å². The summed E-state index contributed by atoms with van der Waals surface area (Å²) in [6.07, 6.45) is 2.65. The molecule has 0 aromatic carbocycles. The summed E-state index contributed by atoms with van der Waals surface area (Å²) in [6.45, 7) is 5.74. The Hall–Kier alpha value is -3.43. The Morgan fingerprint density at radius 3 is 2.42 bits per heavy atom. The van der Waals surface area contributed by atoms with Crippen molar-refractivity contribution in [3.63, 3.8) is 0 Å². The average molecular weight is 458 g/mol. The highest BCUT2D eigenvalue weighted by atomic mass is 16.6. The second kappa shape index (κ2) is 8.84. The highest BCUT2D eigenvalue weighted by Gasteiger charge is 2.52. The van der Waals surface area contributed by atoms with Gasteiger partial charge in [-0.3, -0.25) is 15.2 Å². The lowest BCUT2D eigenvalue weighted by molar-refractivity contribution is -0.125. The van der Waals surface area contributed by atoms with Crippen LogP contribution in [-0.2, 0) is 19.8 Å². The van der Waals surface area contributed by atoms with E-state index in [0.717, 1.165) is 0 Å². The second-order valence-electron chi connectivity index (χ2n) is 9.35. The number of aromatic nitrogens is 1. The number of ether oxygens (including phenoxy) is 2. The fourth-order valence-electron chi connectivity index (χ4n) is 3.78. The molecule has 0 radical (unpaired) electrons. The predicted molar refractivity (Wildman–Crippen MR) is 121 cm³/mol. The van der Waals surface area contributed by atoms with Gasteiger partial charge in [0.05, 0.1) is 30.5 Å². The van der Waals surface area contributed by atoms with Gasteiger partial charge >= 0.3 is 12.1 Å². The number of pyridine rings is 1. The van der Waals surface area contributed by atoms with Crippen LogP contribution < -0.4 is 5.73 Å². The summed E-state index contributed by atoms with van der Waals surface area (Å²) in [6, 6.07) is 3.31. The van der Waals surface area contributed by atoms with E-state index in [1.165, 1.54) is 23.1 Å². The molecule has 10 nitrogen and oxygen atoms in total. The fourth-order valence-corrected chi connectivity index (χ4v) is 3.78. The van der Waals surface area contributed by atoms with Crippen LogP contribution in [0.3, 0.4) is 0 Å². The van der Waals surface area contributed by atoms with Crippen LogP contribution >= 0.6 is 0 Å². The summed E-state index contributed by atoms with van der Waals surface area (Å²) < 4.78 is 10.1. The number of methoxy groups -OCH3 is 1. The highest BCUT2D eigenvalue weighted by molar-refractivity contribution is 6.44. The van der Waals surface area contributed by atoms with Gasteiger partial charge in [0.1, 0.15) is 11.3 Å². The fraction of sp³-hybridized carbons (Fsp3) is 0.522. The monoisotopic (exact) mass is 457 g/mol. The first-order valence-electron chi connectivity index (χ1n) is 10.8. The molecule has 0 unspecified atom stereocenters. The summed E-state index contributed by atoms with van der Waals surface area (Å²) in [4.78, 5) is 44.7. The summed E-state index contributed by atoms with van der Waals surface area (Å²) in [5.74, 6) is -0.991. The van der Waals surface area contributed by atoms with Crippen molar-refractivity contribution in [1.29, 1.82) is 5.41 Å². The first-order chi connectivity index (χ1) is 15.4. The zero-order valence-corrected chi connectivity index (χ0v) is 19.7. The van der Waals surface area contributed by atoms with Crippen LogP contribution in [0.2, 0.25) is 0 Å². The first kappa shape index (κ1) is 24.2. The van der Waals surface area contributed by atoms with Crippen molar-refractivity contribution in [2.24, 2.45) is 5.73 Å². The number of nitrogens with one attached hydrogen (secondary N) is 1. The highest BCUT2D eigenvalue weighted by Crippen LogP contribution is 2.49. The molecule has 2 amide bonds. The molecule has 1 saturated carbocycles. The van der Waals surface area contributed by atoms with Gasteiger partial charge < -0.3 is 25.0 Å². The zero-order valence-electron chi connectivity index (χ0n) is 19.7. The molecule has 0 spiro atoms. The van der Waals surface area contributed by atoms with Crippen molar-refractivity contribution in [3.8, 4) is 0 Å². The van der Waals surface area contributed by atoms with E-state index in [4.69, 9.17) is 20.6 Å². The summed E-state index contributed by atoms with van der Waals surface area (Å²) in [5.41, 5.74) is 6.30. The normalized spacial score (nSPS) is 17.3. The molecule has 1 fully saturated rings. The number of carbonyl (C=O) groups excluding carboxylic acids is 3. The molecule has 0 atom stereocenters. The van der Waals surface area contributed by atoms with E-state index < -0.39 is 29.1 Å². The van der Waals surface area contributed by atoms with Gasteiger partial charge in [0.25, 0.3) is 5.91 Å². The average Bonchev–Trinajstić information content (AvgIpc) is 3.58. The number of nitrogens with zero attached hydrogens (tertiary/aromatic N) is 3. The lowest BCUT2D eigenvalue weighted by Gasteiger charge is -2.33. The maximum Gasteiger partial charge on any atom is 0.410 e. The molecule has 3 rings (SSSR count). The molecule has 1 aromatic rings. The first-order valence-corrected chi connectivity index (χ1v) is 10.8. The van der Waals surface area contributed by atoms with Gasteiger partial charge in [-0.25, -0.2) is 9.59 Å². The quantitative estimate of drug-likeness (QED) is 0.510. The van der Waals surface area contributed by atoms with E-state index in [9.17, 15) is 14.4 Å².